The summed E-state index contributed by atoms with van der Waals surface area (Å²) in [4.78, 5) is 15.2. The van der Waals surface area contributed by atoms with Gasteiger partial charge in [-0.2, -0.15) is 0 Å². The molecule has 4 heteroatoms. The number of carbonyl (C=O) groups is 1. The smallest absolute Gasteiger partial charge is 0.306 e. The molecular weight excluding hydrogens is 222 g/mol. The molecule has 0 bridgehead atoms. The zero-order valence-corrected chi connectivity index (χ0v) is 10.6. The summed E-state index contributed by atoms with van der Waals surface area (Å²) in [6, 6.07) is 0. The topological polar surface area (TPSA) is 38.7 Å². The van der Waals surface area contributed by atoms with Crippen molar-refractivity contribution in [3.8, 4) is 0 Å². The van der Waals surface area contributed by atoms with Crippen molar-refractivity contribution in [2.45, 2.75) is 26.2 Å². The number of unbranched alkanes of at least 4 members (excludes halogenated alkanes) is 1. The predicted octanol–water partition coefficient (Wildman–Crippen LogP) is 3.18. The molecule has 0 N–H and O–H groups in total. The van der Waals surface area contributed by atoms with Gasteiger partial charge >= 0.3 is 5.97 Å². The molecule has 0 aromatic rings. The van der Waals surface area contributed by atoms with Crippen molar-refractivity contribution in [2.75, 3.05) is 12.4 Å². The first-order valence-electron chi connectivity index (χ1n) is 5.34. The van der Waals surface area contributed by atoms with E-state index < -0.39 is 0 Å². The Morgan fingerprint density at radius 3 is 2.81 bits per heavy atom. The third-order valence-corrected chi connectivity index (χ3v) is 2.69. The van der Waals surface area contributed by atoms with Gasteiger partial charge in [-0.25, -0.2) is 0 Å². The number of nitrogens with zero attached hydrogens (tertiary/aromatic N) is 1. The van der Waals surface area contributed by atoms with Crippen LogP contribution in [0.3, 0.4) is 0 Å². The van der Waals surface area contributed by atoms with E-state index in [1.807, 2.05) is 0 Å². The van der Waals surface area contributed by atoms with Gasteiger partial charge in [-0.1, -0.05) is 26.5 Å². The summed E-state index contributed by atoms with van der Waals surface area (Å²) in [5.41, 5.74) is 0. The van der Waals surface area contributed by atoms with E-state index in [-0.39, 0.29) is 5.97 Å². The minimum absolute atomic E-state index is 0.150. The van der Waals surface area contributed by atoms with Crippen LogP contribution in [0.1, 0.15) is 26.2 Å². The number of hydrogen-bond donors (Lipinski definition) is 0. The summed E-state index contributed by atoms with van der Waals surface area (Å²) < 4.78 is 5.02. The van der Waals surface area contributed by atoms with Crippen LogP contribution in [0, 0.1) is 0 Å². The van der Waals surface area contributed by atoms with Crippen LogP contribution in [-0.2, 0) is 9.53 Å². The second-order valence-electron chi connectivity index (χ2n) is 3.03. The third kappa shape index (κ3) is 8.29. The van der Waals surface area contributed by atoms with E-state index in [1.54, 1.807) is 6.08 Å². The van der Waals surface area contributed by atoms with Crippen LogP contribution in [0.5, 0.6) is 0 Å². The molecule has 0 radical (unpaired) electrons. The van der Waals surface area contributed by atoms with Crippen LogP contribution in [0.15, 0.2) is 30.4 Å². The van der Waals surface area contributed by atoms with Gasteiger partial charge in [-0.3, -0.25) is 9.79 Å². The van der Waals surface area contributed by atoms with Gasteiger partial charge in [0.15, 0.2) is 0 Å². The van der Waals surface area contributed by atoms with Gasteiger partial charge < -0.3 is 4.74 Å². The molecule has 0 atom stereocenters. The standard InChI is InChI=1S/C12H19NO2S/c1-4-7-9-15-12(14)8-10-16-11(5-2)13-6-3/h5-6H,2-4,7-10H2,1H3. The zero-order chi connectivity index (χ0) is 12.2. The van der Waals surface area contributed by atoms with Crippen LogP contribution >= 0.6 is 11.8 Å². The molecule has 0 amide bonds. The van der Waals surface area contributed by atoms with E-state index in [0.29, 0.717) is 18.8 Å². The van der Waals surface area contributed by atoms with Crippen LogP contribution in [0.4, 0.5) is 0 Å². The Bertz CT molecular complexity index is 262. The molecule has 0 heterocycles. The molecule has 0 unspecified atom stereocenters. The molecule has 0 aliphatic carbocycles. The summed E-state index contributed by atoms with van der Waals surface area (Å²) in [5, 5.41) is 0.774. The summed E-state index contributed by atoms with van der Waals surface area (Å²) in [5.74, 6) is 0.506. The normalized spacial score (nSPS) is 10.9. The second-order valence-corrected chi connectivity index (χ2v) is 4.14. The first kappa shape index (κ1) is 15.0. The number of ether oxygens (including phenoxy) is 1. The molecule has 0 aliphatic rings. The lowest BCUT2D eigenvalue weighted by Gasteiger charge is -2.03. The molecule has 0 saturated carbocycles. The fourth-order valence-corrected chi connectivity index (χ4v) is 1.63. The lowest BCUT2D eigenvalue weighted by atomic mass is 10.4. The van der Waals surface area contributed by atoms with Crippen molar-refractivity contribution in [3.05, 3.63) is 25.4 Å². The molecule has 0 spiro atoms. The van der Waals surface area contributed by atoms with Gasteiger partial charge in [0.1, 0.15) is 0 Å². The Hall–Kier alpha value is -1.03. The highest BCUT2D eigenvalue weighted by Gasteiger charge is 2.03. The molecule has 3 nitrogen and oxygen atoms in total. The summed E-state index contributed by atoms with van der Waals surface area (Å²) >= 11 is 1.47. The molecule has 0 fully saturated rings. The van der Waals surface area contributed by atoms with E-state index in [4.69, 9.17) is 4.74 Å². The molecule has 0 aromatic carbocycles. The molecule has 0 aromatic heterocycles. The van der Waals surface area contributed by atoms with Gasteiger partial charge in [0.25, 0.3) is 0 Å². The number of carbonyl (C=O) groups excluding carboxylic acids is 1. The monoisotopic (exact) mass is 241 g/mol. The lowest BCUT2D eigenvalue weighted by molar-refractivity contribution is -0.143. The molecule has 0 aliphatic heterocycles. The highest BCUT2D eigenvalue weighted by Crippen LogP contribution is 2.08. The summed E-state index contributed by atoms with van der Waals surface area (Å²) in [7, 11) is 0. The first-order valence-corrected chi connectivity index (χ1v) is 6.32. The maximum atomic E-state index is 11.2. The minimum Gasteiger partial charge on any atom is -0.466 e. The quantitative estimate of drug-likeness (QED) is 0.283. The molecular formula is C12H19NO2S. The highest BCUT2D eigenvalue weighted by atomic mass is 32.2. The summed E-state index contributed by atoms with van der Waals surface area (Å²) in [6.07, 6.45) is 5.47. The van der Waals surface area contributed by atoms with Crippen molar-refractivity contribution in [3.63, 3.8) is 0 Å². The maximum Gasteiger partial charge on any atom is 0.306 e. The van der Waals surface area contributed by atoms with Crippen LogP contribution in [0.2, 0.25) is 0 Å². The number of esters is 1. The van der Waals surface area contributed by atoms with E-state index in [1.165, 1.54) is 18.0 Å². The van der Waals surface area contributed by atoms with E-state index in [0.717, 1.165) is 17.9 Å². The van der Waals surface area contributed by atoms with Gasteiger partial charge in [0, 0.05) is 12.0 Å². The number of aliphatic imine (C=N–C) groups is 1. The minimum atomic E-state index is -0.150. The number of thioether (sulfide) groups is 1. The number of rotatable bonds is 8. The van der Waals surface area contributed by atoms with Gasteiger partial charge in [0.2, 0.25) is 0 Å². The van der Waals surface area contributed by atoms with Gasteiger partial charge in [-0.05, 0) is 12.5 Å². The fourth-order valence-electron chi connectivity index (χ4n) is 0.880. The maximum absolute atomic E-state index is 11.2. The third-order valence-electron chi connectivity index (χ3n) is 1.71. The SMILES string of the molecule is C=CN=C(C=C)SCCC(=O)OCCCC. The Balaban J connectivity index is 3.64. The van der Waals surface area contributed by atoms with Crippen molar-refractivity contribution >= 4 is 22.8 Å². The zero-order valence-electron chi connectivity index (χ0n) is 9.78. The Kier molecular flexibility index (Phi) is 9.81. The number of hydrogen-bond acceptors (Lipinski definition) is 4. The second kappa shape index (κ2) is 10.5. The van der Waals surface area contributed by atoms with Crippen molar-refractivity contribution in [2.24, 2.45) is 4.99 Å². The van der Waals surface area contributed by atoms with Crippen LogP contribution in [0.25, 0.3) is 0 Å². The first-order chi connectivity index (χ1) is 7.74. The average Bonchev–Trinajstić information content (AvgIpc) is 2.28. The molecule has 0 saturated heterocycles. The van der Waals surface area contributed by atoms with E-state index >= 15 is 0 Å². The highest BCUT2D eigenvalue weighted by molar-refractivity contribution is 8.14. The summed E-state index contributed by atoms with van der Waals surface area (Å²) in [6.45, 7) is 9.71. The van der Waals surface area contributed by atoms with Crippen LogP contribution in [-0.4, -0.2) is 23.4 Å². The predicted molar refractivity (Wildman–Crippen MR) is 70.8 cm³/mol. The fraction of sp³-hybridized carbons (Fsp3) is 0.500. The van der Waals surface area contributed by atoms with Gasteiger partial charge in [-0.15, -0.1) is 11.8 Å². The Morgan fingerprint density at radius 2 is 2.25 bits per heavy atom. The van der Waals surface area contributed by atoms with Crippen LogP contribution < -0.4 is 0 Å². The largest absolute Gasteiger partial charge is 0.466 e. The average molecular weight is 241 g/mol. The Morgan fingerprint density at radius 1 is 1.50 bits per heavy atom. The lowest BCUT2D eigenvalue weighted by Crippen LogP contribution is -2.07. The van der Waals surface area contributed by atoms with Crippen molar-refractivity contribution < 1.29 is 9.53 Å². The molecule has 16 heavy (non-hydrogen) atoms. The van der Waals surface area contributed by atoms with Gasteiger partial charge in [0.05, 0.1) is 18.1 Å². The van der Waals surface area contributed by atoms with Crippen molar-refractivity contribution in [1.82, 2.24) is 0 Å². The van der Waals surface area contributed by atoms with Crippen molar-refractivity contribution in [1.29, 1.82) is 0 Å². The molecule has 0 rings (SSSR count). The molecule has 90 valence electrons. The van der Waals surface area contributed by atoms with E-state index in [9.17, 15) is 4.79 Å². The van der Waals surface area contributed by atoms with E-state index in [2.05, 4.69) is 25.1 Å². The Labute approximate surface area is 102 Å².